The topological polar surface area (TPSA) is 107 Å². The van der Waals surface area contributed by atoms with Crippen LogP contribution < -0.4 is 0 Å². The van der Waals surface area contributed by atoms with Gasteiger partial charge in [0, 0.05) is 0 Å². The van der Waals surface area contributed by atoms with Gasteiger partial charge in [-0.1, -0.05) is 55.8 Å². The van der Waals surface area contributed by atoms with Crippen molar-refractivity contribution in [3.05, 3.63) is 70.3 Å². The third kappa shape index (κ3) is 5.35. The molecule has 6 atom stereocenters. The van der Waals surface area contributed by atoms with Crippen LogP contribution in [0.4, 0.5) is 0 Å². The first-order valence-electron chi connectivity index (χ1n) is 10.9. The van der Waals surface area contributed by atoms with Crippen LogP contribution in [0.5, 0.6) is 0 Å². The normalized spacial score (nSPS) is 26.6. The summed E-state index contributed by atoms with van der Waals surface area (Å²) in [5.74, 6) is -1.33. The van der Waals surface area contributed by atoms with Crippen LogP contribution in [-0.2, 0) is 16.0 Å². The maximum absolute atomic E-state index is 11.7. The van der Waals surface area contributed by atoms with E-state index in [0.29, 0.717) is 12.8 Å². The van der Waals surface area contributed by atoms with Crippen LogP contribution in [0.2, 0.25) is 0 Å². The van der Waals surface area contributed by atoms with Crippen molar-refractivity contribution in [2.75, 3.05) is 6.26 Å². The van der Waals surface area contributed by atoms with E-state index < -0.39 is 41.7 Å². The Morgan fingerprint density at radius 3 is 2.50 bits per heavy atom. The molecular formula is C25H32O6S. The molecule has 32 heavy (non-hydrogen) atoms. The highest BCUT2D eigenvalue weighted by Crippen LogP contribution is 2.36. The molecule has 1 aliphatic rings. The van der Waals surface area contributed by atoms with E-state index in [-0.39, 0.29) is 0 Å². The Morgan fingerprint density at radius 2 is 1.84 bits per heavy atom. The molecule has 1 heterocycles. The quantitative estimate of drug-likeness (QED) is 0.478. The molecule has 0 aliphatic carbocycles. The van der Waals surface area contributed by atoms with E-state index in [4.69, 9.17) is 4.74 Å². The molecule has 1 unspecified atom stereocenters. The SMILES string of the molecule is CCCC(C(=O)O)c1cccc(Cc2cc([C@@H]3O[C@H](SC)[C@@H](O)[C@H](O)[C@H]3O)ccc2C)c1. The number of hydrogen-bond donors (Lipinski definition) is 4. The lowest BCUT2D eigenvalue weighted by Gasteiger charge is -2.40. The zero-order valence-corrected chi connectivity index (χ0v) is 19.5. The first-order valence-corrected chi connectivity index (χ1v) is 12.2. The minimum atomic E-state index is -1.29. The molecular weight excluding hydrogens is 428 g/mol. The second-order valence-corrected chi connectivity index (χ2v) is 9.36. The molecule has 7 heteroatoms. The molecule has 1 aliphatic heterocycles. The van der Waals surface area contributed by atoms with Gasteiger partial charge in [0.25, 0.3) is 0 Å². The van der Waals surface area contributed by atoms with Crippen LogP contribution in [-0.4, -0.2) is 56.4 Å². The molecule has 0 spiro atoms. The Labute approximate surface area is 193 Å². The molecule has 0 aromatic heterocycles. The molecule has 174 valence electrons. The summed E-state index contributed by atoms with van der Waals surface area (Å²) in [6, 6.07) is 13.5. The number of rotatable bonds is 8. The third-order valence-corrected chi connectivity index (χ3v) is 6.98. The largest absolute Gasteiger partial charge is 0.481 e. The average molecular weight is 461 g/mol. The highest BCUT2D eigenvalue weighted by molar-refractivity contribution is 7.99. The number of benzene rings is 2. The fraction of sp³-hybridized carbons (Fsp3) is 0.480. The minimum absolute atomic E-state index is 0.519. The summed E-state index contributed by atoms with van der Waals surface area (Å²) in [4.78, 5) is 11.7. The number of aliphatic hydroxyl groups excluding tert-OH is 3. The van der Waals surface area contributed by atoms with Crippen LogP contribution in [0.1, 0.15) is 59.6 Å². The predicted octanol–water partition coefficient (Wildman–Crippen LogP) is 3.40. The number of hydrogen-bond acceptors (Lipinski definition) is 6. The van der Waals surface area contributed by atoms with Gasteiger partial charge in [-0.05, 0) is 53.8 Å². The molecule has 6 nitrogen and oxygen atoms in total. The van der Waals surface area contributed by atoms with Crippen LogP contribution in [0.15, 0.2) is 42.5 Å². The Bertz CT molecular complexity index is 930. The predicted molar refractivity (Wildman–Crippen MR) is 125 cm³/mol. The van der Waals surface area contributed by atoms with Gasteiger partial charge in [0.15, 0.2) is 0 Å². The number of aliphatic carboxylic acids is 1. The van der Waals surface area contributed by atoms with Crippen molar-refractivity contribution in [1.29, 1.82) is 0 Å². The first-order chi connectivity index (χ1) is 15.3. The number of ether oxygens (including phenoxy) is 1. The number of aliphatic hydroxyl groups is 3. The summed E-state index contributed by atoms with van der Waals surface area (Å²) in [7, 11) is 0. The molecule has 1 fully saturated rings. The number of thioether (sulfide) groups is 1. The third-order valence-electron chi connectivity index (χ3n) is 6.13. The van der Waals surface area contributed by atoms with Gasteiger partial charge in [-0.2, -0.15) is 0 Å². The van der Waals surface area contributed by atoms with E-state index in [9.17, 15) is 25.2 Å². The standard InChI is InChI=1S/C25H32O6S/c1-4-6-19(24(29)30)16-8-5-7-15(11-16)12-18-13-17(10-9-14(18)2)23-21(27)20(26)22(28)25(31-23)32-3/h5,7-11,13,19-23,25-28H,4,6,12H2,1-3H3,(H,29,30)/t19?,20-,21-,22+,23+,25-/m1/s1. The number of carboxylic acid groups (broad SMARTS) is 1. The summed E-state index contributed by atoms with van der Waals surface area (Å²) in [6.45, 7) is 3.98. The summed E-state index contributed by atoms with van der Waals surface area (Å²) < 4.78 is 5.90. The van der Waals surface area contributed by atoms with Crippen LogP contribution in [0.25, 0.3) is 0 Å². The fourth-order valence-corrected chi connectivity index (χ4v) is 4.91. The van der Waals surface area contributed by atoms with Crippen LogP contribution in [0.3, 0.4) is 0 Å². The highest BCUT2D eigenvalue weighted by Gasteiger charge is 2.44. The molecule has 0 bridgehead atoms. The van der Waals surface area contributed by atoms with Crippen molar-refractivity contribution < 1.29 is 30.0 Å². The van der Waals surface area contributed by atoms with Gasteiger partial charge in [-0.15, -0.1) is 11.8 Å². The fourth-order valence-electron chi connectivity index (χ4n) is 4.24. The van der Waals surface area contributed by atoms with E-state index in [1.54, 1.807) is 6.26 Å². The van der Waals surface area contributed by atoms with E-state index in [2.05, 4.69) is 0 Å². The van der Waals surface area contributed by atoms with Gasteiger partial charge < -0.3 is 25.2 Å². The number of carboxylic acids is 1. The van der Waals surface area contributed by atoms with Crippen molar-refractivity contribution in [1.82, 2.24) is 0 Å². The number of aryl methyl sites for hydroxylation is 1. The molecule has 0 radical (unpaired) electrons. The Kier molecular flexibility index (Phi) is 8.36. The minimum Gasteiger partial charge on any atom is -0.481 e. The maximum Gasteiger partial charge on any atom is 0.310 e. The average Bonchev–Trinajstić information content (AvgIpc) is 2.78. The molecule has 1 saturated heterocycles. The maximum atomic E-state index is 11.7. The monoisotopic (exact) mass is 460 g/mol. The molecule has 2 aromatic carbocycles. The van der Waals surface area contributed by atoms with Gasteiger partial charge in [0.05, 0.1) is 5.92 Å². The summed E-state index contributed by atoms with van der Waals surface area (Å²) >= 11 is 1.29. The van der Waals surface area contributed by atoms with Crippen molar-refractivity contribution in [3.63, 3.8) is 0 Å². The smallest absolute Gasteiger partial charge is 0.310 e. The first kappa shape index (κ1) is 24.7. The Hall–Kier alpha value is -1.90. The lowest BCUT2D eigenvalue weighted by Crippen LogP contribution is -2.52. The van der Waals surface area contributed by atoms with Gasteiger partial charge in [-0.3, -0.25) is 4.79 Å². The Balaban J connectivity index is 1.87. The zero-order valence-electron chi connectivity index (χ0n) is 18.6. The van der Waals surface area contributed by atoms with Crippen molar-refractivity contribution >= 4 is 17.7 Å². The molecule has 3 rings (SSSR count). The van der Waals surface area contributed by atoms with Crippen molar-refractivity contribution in [2.24, 2.45) is 0 Å². The summed E-state index contributed by atoms with van der Waals surface area (Å²) in [5, 5.41) is 40.5. The zero-order chi connectivity index (χ0) is 23.4. The van der Waals surface area contributed by atoms with Crippen LogP contribution in [0, 0.1) is 6.92 Å². The van der Waals surface area contributed by atoms with Gasteiger partial charge in [-0.25, -0.2) is 0 Å². The lowest BCUT2D eigenvalue weighted by molar-refractivity contribution is -0.200. The second-order valence-electron chi connectivity index (χ2n) is 8.42. The lowest BCUT2D eigenvalue weighted by atomic mass is 9.89. The van der Waals surface area contributed by atoms with Crippen molar-refractivity contribution in [3.8, 4) is 0 Å². The molecule has 2 aromatic rings. The van der Waals surface area contributed by atoms with Gasteiger partial charge >= 0.3 is 5.97 Å². The van der Waals surface area contributed by atoms with Gasteiger partial charge in [0.1, 0.15) is 29.9 Å². The molecule has 0 amide bonds. The molecule has 4 N–H and O–H groups in total. The van der Waals surface area contributed by atoms with Crippen molar-refractivity contribution in [2.45, 2.75) is 68.9 Å². The van der Waals surface area contributed by atoms with E-state index in [0.717, 1.165) is 34.2 Å². The highest BCUT2D eigenvalue weighted by atomic mass is 32.2. The Morgan fingerprint density at radius 1 is 1.09 bits per heavy atom. The summed E-state index contributed by atoms with van der Waals surface area (Å²) in [6.07, 6.45) is -0.667. The second kappa shape index (κ2) is 10.8. The van der Waals surface area contributed by atoms with E-state index in [1.165, 1.54) is 11.8 Å². The van der Waals surface area contributed by atoms with E-state index >= 15 is 0 Å². The summed E-state index contributed by atoms with van der Waals surface area (Å²) in [5.41, 5.74) is 4.00. The van der Waals surface area contributed by atoms with Crippen LogP contribution >= 0.6 is 11.8 Å². The van der Waals surface area contributed by atoms with Gasteiger partial charge in [0.2, 0.25) is 0 Å². The molecule has 0 saturated carbocycles. The number of carbonyl (C=O) groups is 1. The van der Waals surface area contributed by atoms with E-state index in [1.807, 2.05) is 56.3 Å².